The van der Waals surface area contributed by atoms with Crippen LogP contribution >= 0.6 is 0 Å². The molecule has 0 aromatic carbocycles. The fourth-order valence-corrected chi connectivity index (χ4v) is 3.01. The number of carbonyl (C=O) groups excluding carboxylic acids is 3. The Hall–Kier alpha value is -2.18. The third kappa shape index (κ3) is 3.83. The van der Waals surface area contributed by atoms with Crippen molar-refractivity contribution in [2.24, 2.45) is 5.41 Å². The van der Waals surface area contributed by atoms with Gasteiger partial charge in [-0.2, -0.15) is 0 Å². The third-order valence-corrected chi connectivity index (χ3v) is 4.64. The first-order chi connectivity index (χ1) is 11.4. The quantitative estimate of drug-likeness (QED) is 0.613. The predicted molar refractivity (Wildman–Crippen MR) is 87.7 cm³/mol. The summed E-state index contributed by atoms with van der Waals surface area (Å²) in [5, 5.41) is 2.93. The molecule has 2 rings (SSSR count). The van der Waals surface area contributed by atoms with Crippen LogP contribution in [0.1, 0.15) is 73.9 Å². The first-order valence-electron chi connectivity index (χ1n) is 8.46. The van der Waals surface area contributed by atoms with Crippen molar-refractivity contribution in [3.8, 4) is 0 Å². The van der Waals surface area contributed by atoms with Crippen molar-refractivity contribution in [2.75, 3.05) is 6.61 Å². The van der Waals surface area contributed by atoms with Crippen LogP contribution in [0, 0.1) is 5.41 Å². The molecule has 1 aromatic rings. The van der Waals surface area contributed by atoms with Crippen molar-refractivity contribution in [1.82, 2.24) is 15.3 Å². The van der Waals surface area contributed by atoms with Crippen molar-refractivity contribution >= 4 is 17.7 Å². The lowest BCUT2D eigenvalue weighted by Gasteiger charge is -2.35. The lowest BCUT2D eigenvalue weighted by molar-refractivity contribution is -0.156. The zero-order valence-corrected chi connectivity index (χ0v) is 14.5. The minimum absolute atomic E-state index is 0.0205. The number of hydrogen-bond acceptors (Lipinski definition) is 5. The number of Topliss-reactive ketones (excluding diaryl/α,β-unsaturated/α-hetero) is 1. The van der Waals surface area contributed by atoms with Gasteiger partial charge in [0.25, 0.3) is 5.91 Å². The van der Waals surface area contributed by atoms with E-state index in [1.165, 1.54) is 6.33 Å². The highest BCUT2D eigenvalue weighted by molar-refractivity contribution is 6.05. The lowest BCUT2D eigenvalue weighted by atomic mass is 9.74. The first-order valence-corrected chi connectivity index (χ1v) is 8.46. The minimum Gasteiger partial charge on any atom is -0.466 e. The summed E-state index contributed by atoms with van der Waals surface area (Å²) in [4.78, 5) is 42.9. The van der Waals surface area contributed by atoms with Crippen LogP contribution in [-0.4, -0.2) is 40.3 Å². The second kappa shape index (κ2) is 7.59. The van der Waals surface area contributed by atoms with E-state index in [0.717, 1.165) is 0 Å². The van der Waals surface area contributed by atoms with E-state index in [1.807, 2.05) is 6.92 Å². The molecule has 0 spiro atoms. The van der Waals surface area contributed by atoms with Crippen LogP contribution in [0.4, 0.5) is 0 Å². The van der Waals surface area contributed by atoms with E-state index in [2.05, 4.69) is 15.3 Å². The fraction of sp³-hybridized carbons (Fsp3) is 0.647. The molecule has 0 bridgehead atoms. The van der Waals surface area contributed by atoms with Crippen molar-refractivity contribution < 1.29 is 19.1 Å². The average molecular weight is 335 g/mol. The number of imidazole rings is 1. The topological polar surface area (TPSA) is 101 Å². The van der Waals surface area contributed by atoms with Crippen LogP contribution in [0.5, 0.6) is 0 Å². The molecule has 132 valence electrons. The van der Waals surface area contributed by atoms with Gasteiger partial charge >= 0.3 is 5.97 Å². The van der Waals surface area contributed by atoms with Gasteiger partial charge < -0.3 is 15.0 Å². The molecule has 1 aliphatic rings. The zero-order chi connectivity index (χ0) is 17.7. The van der Waals surface area contributed by atoms with Gasteiger partial charge in [-0.05, 0) is 39.5 Å². The molecule has 7 nitrogen and oxygen atoms in total. The number of aromatic nitrogens is 2. The number of ether oxygens (including phenoxy) is 1. The summed E-state index contributed by atoms with van der Waals surface area (Å²) in [6.07, 6.45) is 4.39. The highest BCUT2D eigenvalue weighted by Gasteiger charge is 2.39. The number of esters is 1. The predicted octanol–water partition coefficient (Wildman–Crippen LogP) is 2.24. The van der Waals surface area contributed by atoms with Gasteiger partial charge in [0.1, 0.15) is 11.4 Å². The average Bonchev–Trinajstić information content (AvgIpc) is 3.06. The Morgan fingerprint density at radius 2 is 2.00 bits per heavy atom. The van der Waals surface area contributed by atoms with E-state index < -0.39 is 5.41 Å². The summed E-state index contributed by atoms with van der Waals surface area (Å²) in [6.45, 7) is 5.82. The number of nitrogens with one attached hydrogen (secondary N) is 2. The van der Waals surface area contributed by atoms with E-state index in [0.29, 0.717) is 38.7 Å². The van der Waals surface area contributed by atoms with Crippen molar-refractivity contribution in [3.63, 3.8) is 0 Å². The number of amides is 1. The summed E-state index contributed by atoms with van der Waals surface area (Å²) in [7, 11) is 0. The fourth-order valence-electron chi connectivity index (χ4n) is 3.01. The Bertz CT molecular complexity index is 615. The summed E-state index contributed by atoms with van der Waals surface area (Å²) < 4.78 is 5.14. The maximum absolute atomic E-state index is 12.4. The van der Waals surface area contributed by atoms with Crippen LogP contribution in [0.15, 0.2) is 6.33 Å². The van der Waals surface area contributed by atoms with Gasteiger partial charge in [0.2, 0.25) is 0 Å². The van der Waals surface area contributed by atoms with Gasteiger partial charge in [-0.15, -0.1) is 0 Å². The smallest absolute Gasteiger partial charge is 0.311 e. The Morgan fingerprint density at radius 1 is 1.33 bits per heavy atom. The largest absolute Gasteiger partial charge is 0.466 e. The van der Waals surface area contributed by atoms with Crippen LogP contribution in [0.3, 0.4) is 0 Å². The molecule has 1 saturated carbocycles. The second-order valence-electron chi connectivity index (χ2n) is 6.43. The Kier molecular flexibility index (Phi) is 5.75. The summed E-state index contributed by atoms with van der Waals surface area (Å²) >= 11 is 0. The molecule has 0 aliphatic heterocycles. The first kappa shape index (κ1) is 18.2. The van der Waals surface area contributed by atoms with Gasteiger partial charge in [-0.1, -0.05) is 6.92 Å². The van der Waals surface area contributed by atoms with Gasteiger partial charge in [-0.3, -0.25) is 14.4 Å². The van der Waals surface area contributed by atoms with Gasteiger partial charge in [0, 0.05) is 12.5 Å². The highest BCUT2D eigenvalue weighted by atomic mass is 16.5. The van der Waals surface area contributed by atoms with Crippen LogP contribution in [-0.2, 0) is 9.53 Å². The van der Waals surface area contributed by atoms with E-state index >= 15 is 0 Å². The maximum Gasteiger partial charge on any atom is 0.311 e. The van der Waals surface area contributed by atoms with Crippen LogP contribution in [0.25, 0.3) is 0 Å². The summed E-state index contributed by atoms with van der Waals surface area (Å²) in [5.74, 6) is -0.659. The molecule has 1 fully saturated rings. The van der Waals surface area contributed by atoms with E-state index in [4.69, 9.17) is 4.74 Å². The Balaban J connectivity index is 1.95. The summed E-state index contributed by atoms with van der Waals surface area (Å²) in [6, 6.07) is -0.0205. The number of aromatic amines is 1. The normalized spacial score (nSPS) is 23.5. The van der Waals surface area contributed by atoms with E-state index in [-0.39, 0.29) is 35.1 Å². The monoisotopic (exact) mass is 335 g/mol. The zero-order valence-electron chi connectivity index (χ0n) is 14.5. The second-order valence-corrected chi connectivity index (χ2v) is 6.43. The molecule has 0 atom stereocenters. The standard InChI is InChI=1S/C17H25N3O4/c1-4-12(21)13-14(19-10-18-13)15(22)20-11-6-8-17(3,9-7-11)16(23)24-5-2/h10-11H,4-9H2,1-3H3,(H,18,19)(H,20,22). The molecule has 1 aliphatic carbocycles. The molecule has 2 N–H and O–H groups in total. The molecular weight excluding hydrogens is 310 g/mol. The molecule has 0 unspecified atom stereocenters. The van der Waals surface area contributed by atoms with Gasteiger partial charge in [-0.25, -0.2) is 4.98 Å². The number of hydrogen-bond donors (Lipinski definition) is 2. The van der Waals surface area contributed by atoms with Crippen molar-refractivity contribution in [1.29, 1.82) is 0 Å². The molecular formula is C17H25N3O4. The Morgan fingerprint density at radius 3 is 2.58 bits per heavy atom. The van der Waals surface area contributed by atoms with E-state index in [1.54, 1.807) is 13.8 Å². The molecule has 1 aromatic heterocycles. The molecule has 1 heterocycles. The highest BCUT2D eigenvalue weighted by Crippen LogP contribution is 2.37. The molecule has 24 heavy (non-hydrogen) atoms. The lowest BCUT2D eigenvalue weighted by Crippen LogP contribution is -2.43. The number of ketones is 1. The van der Waals surface area contributed by atoms with Crippen molar-refractivity contribution in [3.05, 3.63) is 17.7 Å². The van der Waals surface area contributed by atoms with Crippen LogP contribution in [0.2, 0.25) is 0 Å². The van der Waals surface area contributed by atoms with Gasteiger partial charge in [0.15, 0.2) is 5.78 Å². The SMILES string of the molecule is CCOC(=O)C1(C)CCC(NC(=O)c2[nH]cnc2C(=O)CC)CC1. The number of H-pyrrole nitrogens is 1. The minimum atomic E-state index is -0.478. The molecule has 7 heteroatoms. The molecule has 0 radical (unpaired) electrons. The number of carbonyl (C=O) groups is 3. The molecule has 0 saturated heterocycles. The summed E-state index contributed by atoms with van der Waals surface area (Å²) in [5.41, 5.74) is -0.0862. The number of nitrogens with zero attached hydrogens (tertiary/aromatic N) is 1. The van der Waals surface area contributed by atoms with Crippen molar-refractivity contribution in [2.45, 2.75) is 58.9 Å². The third-order valence-electron chi connectivity index (χ3n) is 4.64. The Labute approximate surface area is 141 Å². The van der Waals surface area contributed by atoms with Gasteiger partial charge in [0.05, 0.1) is 18.3 Å². The van der Waals surface area contributed by atoms with Crippen LogP contribution < -0.4 is 5.32 Å². The molecule has 1 amide bonds. The van der Waals surface area contributed by atoms with E-state index in [9.17, 15) is 14.4 Å². The maximum atomic E-state index is 12.4. The number of rotatable bonds is 6.